The van der Waals surface area contributed by atoms with E-state index in [4.69, 9.17) is 0 Å². The summed E-state index contributed by atoms with van der Waals surface area (Å²) >= 11 is 0. The van der Waals surface area contributed by atoms with Crippen LogP contribution in [-0.4, -0.2) is 21.6 Å². The molecule has 2 N–H and O–H groups in total. The molecule has 2 aromatic carbocycles. The number of nitrogens with zero attached hydrogens (tertiary/aromatic N) is 2. The van der Waals surface area contributed by atoms with Crippen molar-refractivity contribution >= 4 is 17.6 Å². The zero-order valence-corrected chi connectivity index (χ0v) is 14.4. The quantitative estimate of drug-likeness (QED) is 0.719. The van der Waals surface area contributed by atoms with Crippen molar-refractivity contribution < 1.29 is 9.59 Å². The molecule has 0 aliphatic carbocycles. The van der Waals surface area contributed by atoms with Crippen LogP contribution in [0.4, 0.5) is 5.82 Å². The van der Waals surface area contributed by atoms with Crippen molar-refractivity contribution in [1.82, 2.24) is 15.1 Å². The number of amides is 2. The van der Waals surface area contributed by atoms with Gasteiger partial charge in [0.15, 0.2) is 5.82 Å². The first-order valence-corrected chi connectivity index (χ1v) is 8.43. The highest BCUT2D eigenvalue weighted by molar-refractivity contribution is 5.97. The first kappa shape index (κ1) is 17.4. The molecule has 0 saturated carbocycles. The summed E-state index contributed by atoms with van der Waals surface area (Å²) in [6, 6.07) is 19.7. The van der Waals surface area contributed by atoms with Crippen LogP contribution in [0, 0.1) is 0 Å². The van der Waals surface area contributed by atoms with Gasteiger partial charge in [-0.3, -0.25) is 9.59 Å². The molecule has 1 atom stereocenters. The molecule has 0 aliphatic heterocycles. The number of rotatable bonds is 6. The number of aromatic nitrogens is 2. The molecule has 6 nitrogen and oxygen atoms in total. The van der Waals surface area contributed by atoms with Gasteiger partial charge in [-0.05, 0) is 17.7 Å². The molecule has 0 saturated heterocycles. The summed E-state index contributed by atoms with van der Waals surface area (Å²) in [4.78, 5) is 24.6. The maximum absolute atomic E-state index is 12.7. The number of hydrogen-bond donors (Lipinski definition) is 2. The highest BCUT2D eigenvalue weighted by Gasteiger charge is 2.22. The van der Waals surface area contributed by atoms with E-state index in [2.05, 4.69) is 15.7 Å². The summed E-state index contributed by atoms with van der Waals surface area (Å²) in [5, 5.41) is 9.90. The van der Waals surface area contributed by atoms with E-state index in [1.807, 2.05) is 60.7 Å². The van der Waals surface area contributed by atoms with E-state index in [-0.39, 0.29) is 11.8 Å². The summed E-state index contributed by atoms with van der Waals surface area (Å²) in [6.07, 6.45) is 2.08. The predicted molar refractivity (Wildman–Crippen MR) is 99.8 cm³/mol. The number of anilines is 1. The van der Waals surface area contributed by atoms with Crippen molar-refractivity contribution in [3.63, 3.8) is 0 Å². The fourth-order valence-corrected chi connectivity index (χ4v) is 2.52. The Morgan fingerprint density at radius 1 is 1.00 bits per heavy atom. The minimum Gasteiger partial charge on any atom is -0.341 e. The number of hydrogen-bond acceptors (Lipinski definition) is 3. The highest BCUT2D eigenvalue weighted by Crippen LogP contribution is 2.16. The monoisotopic (exact) mass is 348 g/mol. The largest absolute Gasteiger partial charge is 0.341 e. The van der Waals surface area contributed by atoms with Gasteiger partial charge in [0.05, 0.1) is 5.69 Å². The Bertz CT molecular complexity index is 875. The molecule has 0 fully saturated rings. The number of para-hydroxylation sites is 1. The van der Waals surface area contributed by atoms with E-state index in [1.54, 1.807) is 23.9 Å². The molecule has 0 spiro atoms. The second-order valence-corrected chi connectivity index (χ2v) is 5.74. The van der Waals surface area contributed by atoms with Gasteiger partial charge in [0.2, 0.25) is 5.91 Å². The van der Waals surface area contributed by atoms with Crippen molar-refractivity contribution in [3.05, 3.63) is 78.5 Å². The maximum Gasteiger partial charge on any atom is 0.252 e. The Balaban J connectivity index is 1.77. The van der Waals surface area contributed by atoms with Crippen LogP contribution < -0.4 is 10.6 Å². The lowest BCUT2D eigenvalue weighted by molar-refractivity contribution is -0.126. The second-order valence-electron chi connectivity index (χ2n) is 5.74. The third kappa shape index (κ3) is 4.16. The average molecular weight is 348 g/mol. The van der Waals surface area contributed by atoms with E-state index >= 15 is 0 Å². The van der Waals surface area contributed by atoms with Crippen LogP contribution in [0.15, 0.2) is 72.9 Å². The SMILES string of the molecule is CCC(=O)N[C@@H](C(=O)Nc1ccn(-c2ccccc2)n1)c1ccccc1. The summed E-state index contributed by atoms with van der Waals surface area (Å²) in [7, 11) is 0. The molecule has 1 aromatic heterocycles. The lowest BCUT2D eigenvalue weighted by atomic mass is 10.1. The molecule has 132 valence electrons. The molecule has 0 aliphatic rings. The fraction of sp³-hybridized carbons (Fsp3) is 0.150. The summed E-state index contributed by atoms with van der Waals surface area (Å²) in [6.45, 7) is 1.75. The van der Waals surface area contributed by atoms with Gasteiger partial charge in [0.1, 0.15) is 6.04 Å². The zero-order chi connectivity index (χ0) is 18.4. The predicted octanol–water partition coefficient (Wildman–Crippen LogP) is 3.08. The Hall–Kier alpha value is -3.41. The Morgan fingerprint density at radius 3 is 2.31 bits per heavy atom. The van der Waals surface area contributed by atoms with Crippen molar-refractivity contribution in [2.45, 2.75) is 19.4 Å². The molecule has 0 bridgehead atoms. The molecule has 0 radical (unpaired) electrons. The van der Waals surface area contributed by atoms with E-state index in [1.165, 1.54) is 0 Å². The zero-order valence-electron chi connectivity index (χ0n) is 14.4. The Morgan fingerprint density at radius 2 is 1.65 bits per heavy atom. The van der Waals surface area contributed by atoms with Crippen LogP contribution in [0.3, 0.4) is 0 Å². The number of carbonyl (C=O) groups excluding carboxylic acids is 2. The van der Waals surface area contributed by atoms with Crippen molar-refractivity contribution in [2.24, 2.45) is 0 Å². The van der Waals surface area contributed by atoms with Gasteiger partial charge in [-0.1, -0.05) is 55.5 Å². The molecule has 2 amide bonds. The summed E-state index contributed by atoms with van der Waals surface area (Å²) in [5.41, 5.74) is 1.61. The number of benzene rings is 2. The molecule has 0 unspecified atom stereocenters. The first-order valence-electron chi connectivity index (χ1n) is 8.43. The molecule has 6 heteroatoms. The highest BCUT2D eigenvalue weighted by atomic mass is 16.2. The fourth-order valence-electron chi connectivity index (χ4n) is 2.52. The average Bonchev–Trinajstić information content (AvgIpc) is 3.15. The second kappa shape index (κ2) is 8.11. The molecule has 3 aromatic rings. The molecule has 26 heavy (non-hydrogen) atoms. The molecule has 1 heterocycles. The molecular weight excluding hydrogens is 328 g/mol. The van der Waals surface area contributed by atoms with Crippen molar-refractivity contribution in [2.75, 3.05) is 5.32 Å². The van der Waals surface area contributed by atoms with Crippen LogP contribution in [0.1, 0.15) is 24.9 Å². The van der Waals surface area contributed by atoms with Crippen LogP contribution in [0.25, 0.3) is 5.69 Å². The van der Waals surface area contributed by atoms with Crippen LogP contribution in [0.5, 0.6) is 0 Å². The lowest BCUT2D eigenvalue weighted by Crippen LogP contribution is -2.36. The third-order valence-electron chi connectivity index (χ3n) is 3.88. The van der Waals surface area contributed by atoms with Crippen molar-refractivity contribution in [3.8, 4) is 5.69 Å². The maximum atomic E-state index is 12.7. The van der Waals surface area contributed by atoms with Gasteiger partial charge in [-0.25, -0.2) is 4.68 Å². The minimum absolute atomic E-state index is 0.191. The Kier molecular flexibility index (Phi) is 5.43. The van der Waals surface area contributed by atoms with Crippen molar-refractivity contribution in [1.29, 1.82) is 0 Å². The minimum atomic E-state index is -0.773. The van der Waals surface area contributed by atoms with E-state index in [9.17, 15) is 9.59 Å². The van der Waals surface area contributed by atoms with Gasteiger partial charge >= 0.3 is 0 Å². The van der Waals surface area contributed by atoms with E-state index in [0.717, 1.165) is 5.69 Å². The molecular formula is C20H20N4O2. The van der Waals surface area contributed by atoms with Gasteiger partial charge in [0, 0.05) is 18.7 Å². The summed E-state index contributed by atoms with van der Waals surface area (Å²) < 4.78 is 1.68. The molecule has 3 rings (SSSR count). The standard InChI is InChI=1S/C20H20N4O2/c1-2-18(25)22-19(15-9-5-3-6-10-15)20(26)21-17-13-14-24(23-17)16-11-7-4-8-12-16/h3-14,19H,2H2,1H3,(H,22,25)(H,21,23,26)/t19-/m1/s1. The van der Waals surface area contributed by atoms with Gasteiger partial charge < -0.3 is 10.6 Å². The van der Waals surface area contributed by atoms with E-state index in [0.29, 0.717) is 17.8 Å². The van der Waals surface area contributed by atoms with Crippen LogP contribution >= 0.6 is 0 Å². The van der Waals surface area contributed by atoms with Crippen LogP contribution in [-0.2, 0) is 9.59 Å². The first-order chi connectivity index (χ1) is 12.7. The summed E-state index contributed by atoms with van der Waals surface area (Å²) in [5.74, 6) is -0.106. The van der Waals surface area contributed by atoms with Gasteiger partial charge in [-0.15, -0.1) is 0 Å². The van der Waals surface area contributed by atoms with E-state index < -0.39 is 6.04 Å². The number of nitrogens with one attached hydrogen (secondary N) is 2. The normalized spacial score (nSPS) is 11.6. The van der Waals surface area contributed by atoms with Crippen LogP contribution in [0.2, 0.25) is 0 Å². The third-order valence-corrected chi connectivity index (χ3v) is 3.88. The number of carbonyl (C=O) groups is 2. The van der Waals surface area contributed by atoms with Gasteiger partial charge in [-0.2, -0.15) is 5.10 Å². The smallest absolute Gasteiger partial charge is 0.252 e. The lowest BCUT2D eigenvalue weighted by Gasteiger charge is -2.18. The van der Waals surface area contributed by atoms with Gasteiger partial charge in [0.25, 0.3) is 5.91 Å². The Labute approximate surface area is 151 Å². The topological polar surface area (TPSA) is 76.0 Å².